The van der Waals surface area contributed by atoms with E-state index in [4.69, 9.17) is 9.47 Å². The van der Waals surface area contributed by atoms with Crippen molar-refractivity contribution in [2.75, 3.05) is 34.4 Å². The minimum Gasteiger partial charge on any atom is -0.493 e. The van der Waals surface area contributed by atoms with Crippen molar-refractivity contribution in [3.8, 4) is 11.5 Å². The Hall–Kier alpha value is -1.82. The van der Waals surface area contributed by atoms with Crippen molar-refractivity contribution in [1.82, 2.24) is 9.88 Å². The molecule has 0 amide bonds. The molecule has 0 saturated carbocycles. The Morgan fingerprint density at radius 3 is 2.58 bits per heavy atom. The van der Waals surface area contributed by atoms with Crippen LogP contribution in [0.3, 0.4) is 0 Å². The van der Waals surface area contributed by atoms with E-state index in [9.17, 15) is 4.79 Å². The third kappa shape index (κ3) is 4.10. The molecule has 0 spiro atoms. The number of esters is 1. The molecule has 0 radical (unpaired) electrons. The van der Waals surface area contributed by atoms with Crippen molar-refractivity contribution in [3.63, 3.8) is 0 Å². The van der Waals surface area contributed by atoms with Crippen LogP contribution < -0.4 is 9.47 Å². The number of likely N-dealkylation sites (N-methyl/N-ethyl adjacent to an activating group) is 1. The summed E-state index contributed by atoms with van der Waals surface area (Å²) in [6, 6.07) is 1.74. The van der Waals surface area contributed by atoms with Gasteiger partial charge in [-0.3, -0.25) is 14.7 Å². The number of rotatable bonds is 7. The van der Waals surface area contributed by atoms with Crippen molar-refractivity contribution >= 4 is 5.97 Å². The number of ether oxygens (including phenoxy) is 3. The molecule has 0 atom stereocenters. The van der Waals surface area contributed by atoms with Crippen LogP contribution in [0.4, 0.5) is 0 Å². The highest BCUT2D eigenvalue weighted by molar-refractivity contribution is 5.71. The first kappa shape index (κ1) is 15.2. The number of carbonyl (C=O) groups excluding carboxylic acids is 1. The summed E-state index contributed by atoms with van der Waals surface area (Å²) < 4.78 is 15.2. The van der Waals surface area contributed by atoms with Gasteiger partial charge in [-0.2, -0.15) is 0 Å². The van der Waals surface area contributed by atoms with E-state index in [0.717, 1.165) is 5.69 Å². The fourth-order valence-corrected chi connectivity index (χ4v) is 1.70. The van der Waals surface area contributed by atoms with Gasteiger partial charge in [0, 0.05) is 18.8 Å². The molecule has 0 saturated heterocycles. The minimum atomic E-state index is -0.274. The summed E-state index contributed by atoms with van der Waals surface area (Å²) in [7, 11) is 4.52. The number of carbonyl (C=O) groups is 1. The topological polar surface area (TPSA) is 60.9 Å². The Morgan fingerprint density at radius 1 is 1.32 bits per heavy atom. The Kier molecular flexibility index (Phi) is 6.08. The van der Waals surface area contributed by atoms with Gasteiger partial charge in [0.1, 0.15) is 5.69 Å². The largest absolute Gasteiger partial charge is 0.493 e. The summed E-state index contributed by atoms with van der Waals surface area (Å²) in [5, 5.41) is 0. The molecule has 0 aromatic carbocycles. The molecule has 0 aliphatic rings. The van der Waals surface area contributed by atoms with Gasteiger partial charge < -0.3 is 14.2 Å². The van der Waals surface area contributed by atoms with Gasteiger partial charge in [-0.25, -0.2) is 0 Å². The van der Waals surface area contributed by atoms with E-state index in [-0.39, 0.29) is 12.5 Å². The molecule has 6 nitrogen and oxygen atoms in total. The molecule has 0 aliphatic heterocycles. The van der Waals surface area contributed by atoms with Crippen molar-refractivity contribution in [2.45, 2.75) is 13.5 Å². The SMILES string of the molecule is CCN(CC(=O)OC)Cc1nccc(OC)c1OC. The van der Waals surface area contributed by atoms with Gasteiger partial charge in [-0.05, 0) is 6.54 Å². The second-order valence-corrected chi connectivity index (χ2v) is 3.87. The molecule has 19 heavy (non-hydrogen) atoms. The number of hydrogen-bond acceptors (Lipinski definition) is 6. The van der Waals surface area contributed by atoms with Gasteiger partial charge in [-0.1, -0.05) is 6.92 Å². The average Bonchev–Trinajstić information content (AvgIpc) is 2.45. The average molecular weight is 268 g/mol. The maximum absolute atomic E-state index is 11.3. The Bertz CT molecular complexity index is 423. The van der Waals surface area contributed by atoms with E-state index in [1.165, 1.54) is 7.11 Å². The molecule has 0 bridgehead atoms. The van der Waals surface area contributed by atoms with Crippen LogP contribution in [0.5, 0.6) is 11.5 Å². The molecule has 1 heterocycles. The van der Waals surface area contributed by atoms with Gasteiger partial charge in [0.25, 0.3) is 0 Å². The summed E-state index contributed by atoms with van der Waals surface area (Å²) in [5.41, 5.74) is 0.729. The van der Waals surface area contributed by atoms with Crippen LogP contribution >= 0.6 is 0 Å². The Morgan fingerprint density at radius 2 is 2.05 bits per heavy atom. The summed E-state index contributed by atoms with van der Waals surface area (Å²) in [5.74, 6) is 0.943. The highest BCUT2D eigenvalue weighted by atomic mass is 16.5. The number of hydrogen-bond donors (Lipinski definition) is 0. The molecule has 106 valence electrons. The number of pyridine rings is 1. The lowest BCUT2D eigenvalue weighted by atomic mass is 10.2. The zero-order valence-corrected chi connectivity index (χ0v) is 11.8. The van der Waals surface area contributed by atoms with Crippen LogP contribution in [0.15, 0.2) is 12.3 Å². The lowest BCUT2D eigenvalue weighted by Crippen LogP contribution is -2.30. The van der Waals surface area contributed by atoms with Gasteiger partial charge >= 0.3 is 5.97 Å². The van der Waals surface area contributed by atoms with E-state index in [1.54, 1.807) is 26.5 Å². The first-order valence-electron chi connectivity index (χ1n) is 6.01. The highest BCUT2D eigenvalue weighted by Crippen LogP contribution is 2.29. The minimum absolute atomic E-state index is 0.217. The van der Waals surface area contributed by atoms with Crippen molar-refractivity contribution < 1.29 is 19.0 Å². The van der Waals surface area contributed by atoms with E-state index >= 15 is 0 Å². The van der Waals surface area contributed by atoms with Gasteiger partial charge in [-0.15, -0.1) is 0 Å². The first-order valence-corrected chi connectivity index (χ1v) is 6.01. The molecule has 1 rings (SSSR count). The van der Waals surface area contributed by atoms with Crippen LogP contribution in [0.2, 0.25) is 0 Å². The molecule has 0 unspecified atom stereocenters. The zero-order valence-electron chi connectivity index (χ0n) is 11.8. The van der Waals surface area contributed by atoms with E-state index in [2.05, 4.69) is 9.72 Å². The van der Waals surface area contributed by atoms with Crippen LogP contribution in [0, 0.1) is 0 Å². The van der Waals surface area contributed by atoms with E-state index in [0.29, 0.717) is 24.6 Å². The standard InChI is InChI=1S/C13H20N2O4/c1-5-15(9-12(16)18-3)8-10-13(19-4)11(17-2)6-7-14-10/h6-7H,5,8-9H2,1-4H3. The number of methoxy groups -OCH3 is 3. The van der Waals surface area contributed by atoms with Gasteiger partial charge in [0.05, 0.1) is 27.9 Å². The van der Waals surface area contributed by atoms with Crippen LogP contribution in [-0.4, -0.2) is 50.3 Å². The molecule has 1 aromatic rings. The second kappa shape index (κ2) is 7.58. The smallest absolute Gasteiger partial charge is 0.319 e. The number of aromatic nitrogens is 1. The van der Waals surface area contributed by atoms with E-state index < -0.39 is 0 Å². The molecule has 0 aliphatic carbocycles. The fourth-order valence-electron chi connectivity index (χ4n) is 1.70. The molecule has 6 heteroatoms. The molecule has 0 N–H and O–H groups in total. The van der Waals surface area contributed by atoms with Crippen molar-refractivity contribution in [1.29, 1.82) is 0 Å². The van der Waals surface area contributed by atoms with E-state index in [1.807, 2.05) is 11.8 Å². The lowest BCUT2D eigenvalue weighted by Gasteiger charge is -2.20. The number of nitrogens with zero attached hydrogens (tertiary/aromatic N) is 2. The quantitative estimate of drug-likeness (QED) is 0.690. The van der Waals surface area contributed by atoms with Crippen LogP contribution in [0.1, 0.15) is 12.6 Å². The summed E-state index contributed by atoms with van der Waals surface area (Å²) in [6.07, 6.45) is 1.66. The normalized spacial score (nSPS) is 10.4. The third-order valence-corrected chi connectivity index (χ3v) is 2.77. The van der Waals surface area contributed by atoms with Gasteiger partial charge in [0.15, 0.2) is 11.5 Å². The monoisotopic (exact) mass is 268 g/mol. The predicted octanol–water partition coefficient (Wildman–Crippen LogP) is 1.09. The molecule has 0 fully saturated rings. The summed E-state index contributed by atoms with van der Waals surface area (Å²) in [4.78, 5) is 17.5. The van der Waals surface area contributed by atoms with Gasteiger partial charge in [0.2, 0.25) is 0 Å². The maximum Gasteiger partial charge on any atom is 0.319 e. The Labute approximate surface area is 113 Å². The molecule has 1 aromatic heterocycles. The lowest BCUT2D eigenvalue weighted by molar-refractivity contribution is -0.142. The second-order valence-electron chi connectivity index (χ2n) is 3.87. The highest BCUT2D eigenvalue weighted by Gasteiger charge is 2.16. The molecular formula is C13H20N2O4. The van der Waals surface area contributed by atoms with Crippen molar-refractivity contribution in [2.24, 2.45) is 0 Å². The zero-order chi connectivity index (χ0) is 14.3. The van der Waals surface area contributed by atoms with Crippen molar-refractivity contribution in [3.05, 3.63) is 18.0 Å². The molecular weight excluding hydrogens is 248 g/mol. The third-order valence-electron chi connectivity index (χ3n) is 2.77. The summed E-state index contributed by atoms with van der Waals surface area (Å²) >= 11 is 0. The maximum atomic E-state index is 11.3. The predicted molar refractivity (Wildman–Crippen MR) is 70.3 cm³/mol. The van der Waals surface area contributed by atoms with Crippen LogP contribution in [0.25, 0.3) is 0 Å². The first-order chi connectivity index (χ1) is 9.15. The Balaban J connectivity index is 2.87. The van der Waals surface area contributed by atoms with Crippen LogP contribution in [-0.2, 0) is 16.1 Å². The summed E-state index contributed by atoms with van der Waals surface area (Å²) in [6.45, 7) is 3.38. The fraction of sp³-hybridized carbons (Fsp3) is 0.538.